The molecule has 0 aliphatic rings. The molecule has 3 nitrogen and oxygen atoms in total. The zero-order chi connectivity index (χ0) is 8.27. The van der Waals surface area contributed by atoms with Crippen LogP contribution in [0.25, 0.3) is 0 Å². The highest BCUT2D eigenvalue weighted by Gasteiger charge is 2.06. The summed E-state index contributed by atoms with van der Waals surface area (Å²) in [6.45, 7) is 0. The van der Waals surface area contributed by atoms with Gasteiger partial charge < -0.3 is 10.00 Å². The molecule has 0 saturated carbocycles. The number of aliphatic hydroxyl groups is 1. The fraction of sp³-hybridized carbons (Fsp3) is 0. The van der Waals surface area contributed by atoms with Gasteiger partial charge in [0.15, 0.2) is 0 Å². The van der Waals surface area contributed by atoms with Crippen LogP contribution in [0, 0.1) is 0 Å². The third-order valence-corrected chi connectivity index (χ3v) is 1.83. The predicted molar refractivity (Wildman–Crippen MR) is 41.6 cm³/mol. The third-order valence-electron chi connectivity index (χ3n) is 1.21. The van der Waals surface area contributed by atoms with Crippen LogP contribution >= 0.6 is 8.00 Å². The van der Waals surface area contributed by atoms with Crippen LogP contribution in [0.15, 0.2) is 30.3 Å². The van der Waals surface area contributed by atoms with Crippen LogP contribution in [0.5, 0.6) is 0 Å². The van der Waals surface area contributed by atoms with E-state index in [-0.39, 0.29) is 0 Å². The quantitative estimate of drug-likeness (QED) is 0.592. The van der Waals surface area contributed by atoms with Crippen LogP contribution in [-0.2, 0) is 0 Å². The van der Waals surface area contributed by atoms with E-state index in [9.17, 15) is 4.89 Å². The largest absolute Gasteiger partial charge is 0.601 e. The molecule has 11 heavy (non-hydrogen) atoms. The monoisotopic (exact) mass is 170 g/mol. The number of benzene rings is 1. The molecule has 0 bridgehead atoms. The van der Waals surface area contributed by atoms with Crippen molar-refractivity contribution < 1.29 is 14.9 Å². The van der Waals surface area contributed by atoms with Gasteiger partial charge in [0.05, 0.1) is 5.56 Å². The Morgan fingerprint density at radius 1 is 1.27 bits per heavy atom. The minimum Gasteiger partial charge on any atom is -0.601 e. The molecule has 1 rings (SSSR count). The standard InChI is InChI=1S/C7H7O3P/c8-7(11(9)10)6-4-2-1-3-5-6/h1-5,8H,(H,9,10). The van der Waals surface area contributed by atoms with Gasteiger partial charge in [-0.2, -0.15) is 4.89 Å². The molecule has 0 saturated heterocycles. The van der Waals surface area contributed by atoms with Gasteiger partial charge in [0.2, 0.25) is 0 Å². The van der Waals surface area contributed by atoms with Gasteiger partial charge in [-0.25, -0.2) is 0 Å². The Labute approximate surface area is 65.1 Å². The first-order chi connectivity index (χ1) is 5.22. The summed E-state index contributed by atoms with van der Waals surface area (Å²) < 4.78 is 0. The van der Waals surface area contributed by atoms with E-state index in [0.29, 0.717) is 5.56 Å². The van der Waals surface area contributed by atoms with Crippen LogP contribution in [0.3, 0.4) is 0 Å². The van der Waals surface area contributed by atoms with Gasteiger partial charge in [-0.3, -0.25) is 0 Å². The normalized spacial score (nSPS) is 12.6. The summed E-state index contributed by atoms with van der Waals surface area (Å²) in [5.41, 5.74) is -0.0864. The molecule has 0 fully saturated rings. The maximum absolute atomic E-state index is 10.4. The Kier molecular flexibility index (Phi) is 2.74. The lowest BCUT2D eigenvalue weighted by atomic mass is 10.2. The molecule has 1 unspecified atom stereocenters. The minimum atomic E-state index is -2.62. The SMILES string of the molecule is [O-]/[P+](O)=C(/O)c1ccccc1. The van der Waals surface area contributed by atoms with Crippen LogP contribution in [-0.4, -0.2) is 15.5 Å². The minimum absolute atomic E-state index is 0.385. The number of hydrogen-bond donors (Lipinski definition) is 2. The van der Waals surface area contributed by atoms with Gasteiger partial charge in [-0.05, 0) is 12.1 Å². The van der Waals surface area contributed by atoms with E-state index in [1.807, 2.05) is 0 Å². The molecule has 4 heteroatoms. The van der Waals surface area contributed by atoms with E-state index < -0.39 is 13.5 Å². The molecule has 1 aromatic carbocycles. The molecule has 1 atom stereocenters. The Morgan fingerprint density at radius 3 is 2.27 bits per heavy atom. The topological polar surface area (TPSA) is 63.5 Å². The van der Waals surface area contributed by atoms with Crippen molar-refractivity contribution in [3.63, 3.8) is 0 Å². The van der Waals surface area contributed by atoms with Crippen molar-refractivity contribution in [3.8, 4) is 0 Å². The molecule has 0 heterocycles. The Morgan fingerprint density at radius 2 is 1.82 bits per heavy atom. The van der Waals surface area contributed by atoms with Gasteiger partial charge in [0, 0.05) is 0 Å². The Bertz CT molecular complexity index is 264. The van der Waals surface area contributed by atoms with Gasteiger partial charge in [-0.15, -0.1) is 0 Å². The fourth-order valence-electron chi connectivity index (χ4n) is 0.698. The first-order valence-electron chi connectivity index (χ1n) is 2.99. The zero-order valence-electron chi connectivity index (χ0n) is 5.64. The third kappa shape index (κ3) is 2.10. The Hall–Kier alpha value is -0.730. The molecular weight excluding hydrogens is 163 g/mol. The van der Waals surface area contributed by atoms with E-state index in [0.717, 1.165) is 0 Å². The van der Waals surface area contributed by atoms with Crippen molar-refractivity contribution in [1.29, 1.82) is 0 Å². The number of aliphatic hydroxyl groups excluding tert-OH is 1. The zero-order valence-corrected chi connectivity index (χ0v) is 6.53. The molecule has 0 radical (unpaired) electrons. The maximum atomic E-state index is 10.4. The van der Waals surface area contributed by atoms with E-state index in [1.165, 1.54) is 0 Å². The summed E-state index contributed by atoms with van der Waals surface area (Å²) in [7, 11) is -2.62. The van der Waals surface area contributed by atoms with Crippen molar-refractivity contribution in [2.75, 3.05) is 0 Å². The van der Waals surface area contributed by atoms with E-state index >= 15 is 0 Å². The smallest absolute Gasteiger partial charge is 0.284 e. The Balaban J connectivity index is 3.04. The van der Waals surface area contributed by atoms with E-state index in [4.69, 9.17) is 10.00 Å². The second-order valence-electron chi connectivity index (χ2n) is 1.96. The second kappa shape index (κ2) is 3.60. The lowest BCUT2D eigenvalue weighted by Gasteiger charge is -1.94. The van der Waals surface area contributed by atoms with Gasteiger partial charge in [0.1, 0.15) is 0 Å². The van der Waals surface area contributed by atoms with Gasteiger partial charge in [0.25, 0.3) is 13.5 Å². The molecule has 2 N–H and O–H groups in total. The lowest BCUT2D eigenvalue weighted by Crippen LogP contribution is -2.02. The van der Waals surface area contributed by atoms with E-state index in [1.54, 1.807) is 30.3 Å². The summed E-state index contributed by atoms with van der Waals surface area (Å²) in [5, 5.41) is 8.98. The first kappa shape index (κ1) is 8.37. The molecule has 0 amide bonds. The van der Waals surface area contributed by atoms with Crippen molar-refractivity contribution in [2.45, 2.75) is 0 Å². The van der Waals surface area contributed by atoms with Crippen molar-refractivity contribution in [1.82, 2.24) is 0 Å². The molecule has 0 aliphatic heterocycles. The second-order valence-corrected chi connectivity index (χ2v) is 2.93. The van der Waals surface area contributed by atoms with Crippen LogP contribution in [0.1, 0.15) is 5.56 Å². The van der Waals surface area contributed by atoms with Crippen molar-refractivity contribution in [3.05, 3.63) is 35.9 Å². The van der Waals surface area contributed by atoms with Crippen LogP contribution in [0.2, 0.25) is 0 Å². The fourth-order valence-corrected chi connectivity index (χ4v) is 1.07. The summed E-state index contributed by atoms with van der Waals surface area (Å²) in [6, 6.07) is 8.27. The number of rotatable bonds is 1. The molecule has 1 aromatic rings. The molecule has 0 aliphatic carbocycles. The molecule has 0 aromatic heterocycles. The van der Waals surface area contributed by atoms with Gasteiger partial charge >= 0.3 is 0 Å². The van der Waals surface area contributed by atoms with Crippen LogP contribution < -0.4 is 4.89 Å². The summed E-state index contributed by atoms with van der Waals surface area (Å²) in [5.74, 6) is 0. The number of hydrogen-bond acceptors (Lipinski definition) is 2. The maximum Gasteiger partial charge on any atom is 0.284 e. The highest BCUT2D eigenvalue weighted by Crippen LogP contribution is 2.10. The summed E-state index contributed by atoms with van der Waals surface area (Å²) in [6.07, 6.45) is 0. The predicted octanol–water partition coefficient (Wildman–Crippen LogP) is 0.202. The average molecular weight is 170 g/mol. The van der Waals surface area contributed by atoms with Gasteiger partial charge in [-0.1, -0.05) is 18.2 Å². The highest BCUT2D eigenvalue weighted by atomic mass is 31.1. The molecule has 0 spiro atoms. The average Bonchev–Trinajstić information content (AvgIpc) is 2.05. The molecule has 58 valence electrons. The lowest BCUT2D eigenvalue weighted by molar-refractivity contribution is -0.168. The molecular formula is C7H7O3P. The van der Waals surface area contributed by atoms with E-state index in [2.05, 4.69) is 0 Å². The van der Waals surface area contributed by atoms with Crippen LogP contribution in [0.4, 0.5) is 0 Å². The summed E-state index contributed by atoms with van der Waals surface area (Å²) in [4.78, 5) is 18.9. The summed E-state index contributed by atoms with van der Waals surface area (Å²) >= 11 is 0. The highest BCUT2D eigenvalue weighted by molar-refractivity contribution is 7.45. The van der Waals surface area contributed by atoms with Crippen molar-refractivity contribution in [2.24, 2.45) is 0 Å². The van der Waals surface area contributed by atoms with Crippen molar-refractivity contribution >= 4 is 13.5 Å². The first-order valence-corrected chi connectivity index (χ1v) is 4.20.